The maximum atomic E-state index is 12.3. The fourth-order valence-corrected chi connectivity index (χ4v) is 3.28. The molecular formula is C19H25N5O2. The number of aromatic nitrogens is 2. The van der Waals surface area contributed by atoms with Gasteiger partial charge in [-0.3, -0.25) is 9.69 Å². The number of nitrogens with two attached hydrogens (primary N) is 1. The van der Waals surface area contributed by atoms with Crippen LogP contribution in [0.3, 0.4) is 0 Å². The van der Waals surface area contributed by atoms with Gasteiger partial charge in [-0.05, 0) is 37.1 Å². The number of nitrogens with zero attached hydrogens (tertiary/aromatic N) is 3. The van der Waals surface area contributed by atoms with Crippen LogP contribution < -0.4 is 11.1 Å². The number of carbonyl (C=O) groups is 1. The number of aliphatic hydroxyl groups excluding tert-OH is 1. The lowest BCUT2D eigenvalue weighted by atomic mass is 10.0. The van der Waals surface area contributed by atoms with Crippen molar-refractivity contribution in [1.29, 1.82) is 0 Å². The summed E-state index contributed by atoms with van der Waals surface area (Å²) in [6.07, 6.45) is 6.67. The number of amides is 1. The van der Waals surface area contributed by atoms with Crippen molar-refractivity contribution in [2.24, 2.45) is 0 Å². The quantitative estimate of drug-likeness (QED) is 0.721. The summed E-state index contributed by atoms with van der Waals surface area (Å²) in [6.45, 7) is 2.50. The topological polar surface area (TPSA) is 104 Å². The lowest BCUT2D eigenvalue weighted by Gasteiger charge is -2.34. The van der Waals surface area contributed by atoms with Crippen LogP contribution in [0.25, 0.3) is 11.1 Å². The van der Waals surface area contributed by atoms with Crippen LogP contribution in [0.1, 0.15) is 29.6 Å². The molecule has 26 heavy (non-hydrogen) atoms. The second-order valence-electron chi connectivity index (χ2n) is 6.53. The molecule has 1 aliphatic rings. The van der Waals surface area contributed by atoms with E-state index in [0.717, 1.165) is 37.1 Å². The standard InChI is InChI=1S/C19H25N5O2/c20-19-22-11-16(12-23-19)14-4-6-15(7-5-14)18(26)21-8-10-24-9-2-1-3-17(24)13-25/h4-7,11-12,17,25H,1-3,8-10,13H2,(H,21,26)(H2,20,22,23)/t17-/m1/s1. The fraction of sp³-hybridized carbons (Fsp3) is 0.421. The zero-order chi connectivity index (χ0) is 18.4. The molecular weight excluding hydrogens is 330 g/mol. The first-order valence-electron chi connectivity index (χ1n) is 8.98. The Bertz CT molecular complexity index is 718. The number of aliphatic hydroxyl groups is 1. The summed E-state index contributed by atoms with van der Waals surface area (Å²) >= 11 is 0. The molecule has 3 rings (SSSR count). The molecule has 7 nitrogen and oxygen atoms in total. The molecule has 0 radical (unpaired) electrons. The third-order valence-electron chi connectivity index (χ3n) is 4.80. The van der Waals surface area contributed by atoms with Crippen molar-refractivity contribution in [3.8, 4) is 11.1 Å². The number of rotatable bonds is 6. The molecule has 1 saturated heterocycles. The van der Waals surface area contributed by atoms with Crippen molar-refractivity contribution < 1.29 is 9.90 Å². The van der Waals surface area contributed by atoms with E-state index in [1.165, 1.54) is 6.42 Å². The molecule has 0 saturated carbocycles. The maximum Gasteiger partial charge on any atom is 0.251 e. The lowest BCUT2D eigenvalue weighted by molar-refractivity contribution is 0.0849. The van der Waals surface area contributed by atoms with Crippen molar-refractivity contribution >= 4 is 11.9 Å². The molecule has 1 aromatic heterocycles. The highest BCUT2D eigenvalue weighted by atomic mass is 16.3. The minimum atomic E-state index is -0.0948. The van der Waals surface area contributed by atoms with E-state index >= 15 is 0 Å². The Hall–Kier alpha value is -2.51. The van der Waals surface area contributed by atoms with E-state index in [1.807, 2.05) is 12.1 Å². The summed E-state index contributed by atoms with van der Waals surface area (Å²) in [7, 11) is 0. The maximum absolute atomic E-state index is 12.3. The van der Waals surface area contributed by atoms with Crippen LogP contribution in [0.15, 0.2) is 36.7 Å². The zero-order valence-electron chi connectivity index (χ0n) is 14.8. The van der Waals surface area contributed by atoms with Gasteiger partial charge in [0.2, 0.25) is 5.95 Å². The van der Waals surface area contributed by atoms with E-state index in [2.05, 4.69) is 20.2 Å². The molecule has 0 aliphatic carbocycles. The van der Waals surface area contributed by atoms with Crippen LogP contribution >= 0.6 is 0 Å². The van der Waals surface area contributed by atoms with Crippen LogP contribution in [0, 0.1) is 0 Å². The van der Waals surface area contributed by atoms with E-state index in [4.69, 9.17) is 5.73 Å². The van der Waals surface area contributed by atoms with Gasteiger partial charge in [-0.15, -0.1) is 0 Å². The van der Waals surface area contributed by atoms with Gasteiger partial charge in [-0.25, -0.2) is 9.97 Å². The number of nitrogen functional groups attached to an aromatic ring is 1. The van der Waals surface area contributed by atoms with Crippen LogP contribution in [0.4, 0.5) is 5.95 Å². The number of piperidine rings is 1. The Morgan fingerprint density at radius 2 is 1.92 bits per heavy atom. The Morgan fingerprint density at radius 1 is 1.19 bits per heavy atom. The summed E-state index contributed by atoms with van der Waals surface area (Å²) in [5.74, 6) is 0.143. The minimum Gasteiger partial charge on any atom is -0.395 e. The molecule has 2 aromatic rings. The summed E-state index contributed by atoms with van der Waals surface area (Å²) in [4.78, 5) is 22.5. The number of anilines is 1. The second-order valence-corrected chi connectivity index (χ2v) is 6.53. The fourth-order valence-electron chi connectivity index (χ4n) is 3.28. The van der Waals surface area contributed by atoms with E-state index in [9.17, 15) is 9.90 Å². The van der Waals surface area contributed by atoms with Crippen LogP contribution in [0.5, 0.6) is 0 Å². The van der Waals surface area contributed by atoms with Crippen molar-refractivity contribution in [3.63, 3.8) is 0 Å². The number of hydrogen-bond donors (Lipinski definition) is 3. The van der Waals surface area contributed by atoms with Gasteiger partial charge in [-0.2, -0.15) is 0 Å². The third-order valence-corrected chi connectivity index (χ3v) is 4.80. The van der Waals surface area contributed by atoms with E-state index in [1.54, 1.807) is 24.5 Å². The molecule has 2 heterocycles. The van der Waals surface area contributed by atoms with E-state index in [-0.39, 0.29) is 24.5 Å². The van der Waals surface area contributed by atoms with Crippen molar-refractivity contribution in [2.45, 2.75) is 25.3 Å². The zero-order valence-corrected chi connectivity index (χ0v) is 14.8. The van der Waals surface area contributed by atoms with Crippen LogP contribution in [-0.2, 0) is 0 Å². The average molecular weight is 355 g/mol. The Labute approximate surface area is 153 Å². The van der Waals surface area contributed by atoms with Crippen LogP contribution in [0.2, 0.25) is 0 Å². The Balaban J connectivity index is 1.52. The first-order chi connectivity index (χ1) is 12.7. The molecule has 0 spiro atoms. The minimum absolute atomic E-state index is 0.0948. The summed E-state index contributed by atoms with van der Waals surface area (Å²) in [5.41, 5.74) is 7.89. The van der Waals surface area contributed by atoms with Crippen LogP contribution in [-0.4, -0.2) is 58.2 Å². The number of benzene rings is 1. The van der Waals surface area contributed by atoms with Crippen molar-refractivity contribution in [1.82, 2.24) is 20.2 Å². The Kier molecular flexibility index (Phi) is 6.14. The molecule has 7 heteroatoms. The molecule has 1 aromatic carbocycles. The molecule has 4 N–H and O–H groups in total. The smallest absolute Gasteiger partial charge is 0.251 e. The molecule has 1 aliphatic heterocycles. The summed E-state index contributed by atoms with van der Waals surface area (Å²) < 4.78 is 0. The highest BCUT2D eigenvalue weighted by Gasteiger charge is 2.21. The molecule has 0 unspecified atom stereocenters. The van der Waals surface area contributed by atoms with Crippen molar-refractivity contribution in [3.05, 3.63) is 42.2 Å². The summed E-state index contributed by atoms with van der Waals surface area (Å²) in [6, 6.07) is 7.55. The van der Waals surface area contributed by atoms with Gasteiger partial charge in [0.25, 0.3) is 5.91 Å². The van der Waals surface area contributed by atoms with E-state index in [0.29, 0.717) is 12.1 Å². The number of hydrogen-bond acceptors (Lipinski definition) is 6. The van der Waals surface area contributed by atoms with Gasteiger partial charge in [-0.1, -0.05) is 18.6 Å². The molecule has 1 atom stereocenters. The predicted octanol–water partition coefficient (Wildman–Crippen LogP) is 1.30. The van der Waals surface area contributed by atoms with Crippen molar-refractivity contribution in [2.75, 3.05) is 32.0 Å². The lowest BCUT2D eigenvalue weighted by Crippen LogP contribution is -2.45. The predicted molar refractivity (Wildman–Crippen MR) is 101 cm³/mol. The third kappa shape index (κ3) is 4.56. The monoisotopic (exact) mass is 355 g/mol. The Morgan fingerprint density at radius 3 is 2.62 bits per heavy atom. The van der Waals surface area contributed by atoms with Gasteiger partial charge in [0.1, 0.15) is 0 Å². The SMILES string of the molecule is Nc1ncc(-c2ccc(C(=O)NCCN3CCCC[C@@H]3CO)cc2)cn1. The normalized spacial score (nSPS) is 17.8. The van der Waals surface area contributed by atoms with Gasteiger partial charge in [0.05, 0.1) is 6.61 Å². The van der Waals surface area contributed by atoms with E-state index < -0.39 is 0 Å². The van der Waals surface area contributed by atoms with Gasteiger partial charge in [0.15, 0.2) is 0 Å². The summed E-state index contributed by atoms with van der Waals surface area (Å²) in [5, 5.41) is 12.4. The number of carbonyl (C=O) groups excluding carboxylic acids is 1. The second kappa shape index (κ2) is 8.73. The van der Waals surface area contributed by atoms with Gasteiger partial charge < -0.3 is 16.2 Å². The molecule has 1 amide bonds. The number of likely N-dealkylation sites (tertiary alicyclic amines) is 1. The highest BCUT2D eigenvalue weighted by Crippen LogP contribution is 2.18. The largest absolute Gasteiger partial charge is 0.395 e. The molecule has 1 fully saturated rings. The van der Waals surface area contributed by atoms with Gasteiger partial charge >= 0.3 is 0 Å². The first kappa shape index (κ1) is 18.3. The molecule has 138 valence electrons. The molecule has 0 bridgehead atoms. The highest BCUT2D eigenvalue weighted by molar-refractivity contribution is 5.94. The van der Waals surface area contributed by atoms with Gasteiger partial charge in [0, 0.05) is 42.7 Å². The average Bonchev–Trinajstić information content (AvgIpc) is 2.69. The first-order valence-corrected chi connectivity index (χ1v) is 8.98. The number of nitrogens with one attached hydrogen (secondary N) is 1.